The van der Waals surface area contributed by atoms with Crippen molar-refractivity contribution >= 4 is 21.9 Å². The summed E-state index contributed by atoms with van der Waals surface area (Å²) in [4.78, 5) is 9.59. The Balaban J connectivity index is 0.000000801. The Morgan fingerprint density at radius 2 is 1.10 bits per heavy atom. The maximum Gasteiger partial charge on any atom is 0.522 e. The first-order valence-electron chi connectivity index (χ1n) is 9.13. The van der Waals surface area contributed by atoms with Gasteiger partial charge in [0.2, 0.25) is 0 Å². The molecule has 12 heteroatoms. The molecule has 2 heterocycles. The van der Waals surface area contributed by atoms with Crippen LogP contribution in [-0.4, -0.2) is 55.6 Å². The molecule has 0 bridgehead atoms. The number of halogens is 3. The predicted molar refractivity (Wildman–Crippen MR) is 105 cm³/mol. The predicted octanol–water partition coefficient (Wildman–Crippen LogP) is 4.09. The number of hydrogen-bond acceptors (Lipinski definition) is 6. The van der Waals surface area contributed by atoms with Crippen molar-refractivity contribution in [2.45, 2.75) is 73.0 Å². The molecule has 0 amide bonds. The fourth-order valence-electron chi connectivity index (χ4n) is 2.41. The standard InChI is InChI=1S/C17H30N2O2.CHF3O3S.Cu/c1-15(2,3)11-9-20-13(18-11)17(7,8)14-19-12(10-21-14)16(4,5)6;2-1(3,4)8(5,6)7;/h11-12H,9-10H2,1-8H3;(H,5,6,7);/t11-,12?;;/m1../s1. The maximum absolute atomic E-state index is 10.7. The van der Waals surface area contributed by atoms with Gasteiger partial charge in [0.15, 0.2) is 11.8 Å². The zero-order chi connectivity index (χ0) is 23.1. The summed E-state index contributed by atoms with van der Waals surface area (Å²) in [5.41, 5.74) is -5.69. The smallest absolute Gasteiger partial charge is 0.478 e. The van der Waals surface area contributed by atoms with Gasteiger partial charge >= 0.3 is 15.6 Å². The second-order valence-corrected chi connectivity index (χ2v) is 11.2. The Morgan fingerprint density at radius 3 is 1.27 bits per heavy atom. The van der Waals surface area contributed by atoms with E-state index in [9.17, 15) is 13.2 Å². The van der Waals surface area contributed by atoms with E-state index in [0.717, 1.165) is 11.8 Å². The van der Waals surface area contributed by atoms with Gasteiger partial charge in [-0.1, -0.05) is 41.5 Å². The van der Waals surface area contributed by atoms with Crippen molar-refractivity contribution in [2.75, 3.05) is 13.2 Å². The van der Waals surface area contributed by atoms with Crippen molar-refractivity contribution in [2.24, 2.45) is 26.2 Å². The van der Waals surface area contributed by atoms with Crippen molar-refractivity contribution in [1.82, 2.24) is 0 Å². The molecule has 1 N–H and O–H groups in total. The molecule has 2 atom stereocenters. The Hall–Kier alpha value is -0.841. The summed E-state index contributed by atoms with van der Waals surface area (Å²) < 4.78 is 69.3. The summed E-state index contributed by atoms with van der Waals surface area (Å²) in [6.07, 6.45) is 0. The van der Waals surface area contributed by atoms with Crippen LogP contribution in [0.3, 0.4) is 0 Å². The first-order valence-corrected chi connectivity index (χ1v) is 10.6. The van der Waals surface area contributed by atoms with Gasteiger partial charge in [-0.05, 0) is 24.7 Å². The zero-order valence-corrected chi connectivity index (χ0v) is 20.1. The van der Waals surface area contributed by atoms with Crippen LogP contribution < -0.4 is 0 Å². The molecular formula is C18H31CuF3N2O5S. The largest absolute Gasteiger partial charge is 0.522 e. The molecule has 0 aromatic carbocycles. The van der Waals surface area contributed by atoms with Gasteiger partial charge in [0.1, 0.15) is 18.6 Å². The van der Waals surface area contributed by atoms with Crippen molar-refractivity contribution in [3.8, 4) is 0 Å². The second-order valence-electron chi connectivity index (χ2n) is 9.80. The average Bonchev–Trinajstić information content (AvgIpc) is 3.15. The Bertz CT molecular complexity index is 724. The van der Waals surface area contributed by atoms with E-state index in [0.29, 0.717) is 13.2 Å². The van der Waals surface area contributed by atoms with E-state index in [4.69, 9.17) is 32.4 Å². The van der Waals surface area contributed by atoms with Gasteiger partial charge in [-0.3, -0.25) is 4.55 Å². The summed E-state index contributed by atoms with van der Waals surface area (Å²) in [5, 5.41) is 0. The molecular weight excluding hydrogens is 477 g/mol. The number of ether oxygens (including phenoxy) is 2. The van der Waals surface area contributed by atoms with Crippen LogP contribution in [0.4, 0.5) is 13.2 Å². The van der Waals surface area contributed by atoms with Crippen LogP contribution >= 0.6 is 0 Å². The van der Waals surface area contributed by atoms with Crippen LogP contribution in [0.15, 0.2) is 9.98 Å². The maximum atomic E-state index is 10.7. The van der Waals surface area contributed by atoms with E-state index in [-0.39, 0.29) is 45.4 Å². The van der Waals surface area contributed by atoms with E-state index < -0.39 is 15.6 Å². The van der Waals surface area contributed by atoms with E-state index in [1.807, 2.05) is 0 Å². The van der Waals surface area contributed by atoms with Gasteiger partial charge in [-0.15, -0.1) is 0 Å². The van der Waals surface area contributed by atoms with Crippen molar-refractivity contribution in [3.05, 3.63) is 0 Å². The summed E-state index contributed by atoms with van der Waals surface area (Å²) >= 11 is 0. The fourth-order valence-corrected chi connectivity index (χ4v) is 2.41. The Labute approximate surface area is 187 Å². The van der Waals surface area contributed by atoms with Gasteiger partial charge in [-0.2, -0.15) is 21.6 Å². The molecule has 2 aliphatic heterocycles. The van der Waals surface area contributed by atoms with Crippen LogP contribution in [0.1, 0.15) is 55.4 Å². The molecule has 0 fully saturated rings. The monoisotopic (exact) mass is 507 g/mol. The molecule has 0 aliphatic carbocycles. The molecule has 2 aliphatic rings. The number of rotatable bonds is 2. The SMILES string of the molecule is CC(C)(C1=NC(C(C)(C)C)CO1)C1=N[C@@H](C(C)(C)C)CO1.O=S(=O)(O)C(F)(F)F.[Cu]. The molecule has 0 aromatic rings. The van der Waals surface area contributed by atoms with Crippen LogP contribution in [0.25, 0.3) is 0 Å². The van der Waals surface area contributed by atoms with Gasteiger partial charge in [0.05, 0.1) is 12.1 Å². The number of hydrogen-bond donors (Lipinski definition) is 1. The number of nitrogens with zero attached hydrogens (tertiary/aromatic N) is 2. The van der Waals surface area contributed by atoms with Gasteiger partial charge < -0.3 is 9.47 Å². The third-order valence-corrected chi connectivity index (χ3v) is 5.25. The molecule has 0 saturated carbocycles. The minimum Gasteiger partial charge on any atom is -0.478 e. The third-order valence-electron chi connectivity index (χ3n) is 4.66. The molecule has 1 unspecified atom stereocenters. The molecule has 0 spiro atoms. The fraction of sp³-hybridized carbons (Fsp3) is 0.889. The molecule has 7 nitrogen and oxygen atoms in total. The van der Waals surface area contributed by atoms with Gasteiger partial charge in [0, 0.05) is 17.1 Å². The van der Waals surface area contributed by atoms with Crippen LogP contribution in [0, 0.1) is 16.2 Å². The van der Waals surface area contributed by atoms with Gasteiger partial charge in [-0.25, -0.2) is 9.98 Å². The minimum absolute atomic E-state index is 0. The molecule has 2 rings (SSSR count). The average molecular weight is 508 g/mol. The van der Waals surface area contributed by atoms with Crippen LogP contribution in [-0.2, 0) is 36.7 Å². The van der Waals surface area contributed by atoms with E-state index in [1.54, 1.807) is 0 Å². The van der Waals surface area contributed by atoms with E-state index in [1.165, 1.54) is 0 Å². The Morgan fingerprint density at radius 1 is 0.833 bits per heavy atom. The third kappa shape index (κ3) is 7.39. The van der Waals surface area contributed by atoms with Crippen molar-refractivity contribution in [3.63, 3.8) is 0 Å². The Kier molecular flexibility index (Phi) is 9.08. The first-order chi connectivity index (χ1) is 12.7. The number of alkyl halides is 3. The molecule has 0 aromatic heterocycles. The van der Waals surface area contributed by atoms with Crippen molar-refractivity contribution < 1.29 is 52.7 Å². The van der Waals surface area contributed by atoms with Crippen LogP contribution in [0.5, 0.6) is 0 Å². The van der Waals surface area contributed by atoms with Crippen LogP contribution in [0.2, 0.25) is 0 Å². The minimum atomic E-state index is -5.84. The summed E-state index contributed by atoms with van der Waals surface area (Å²) in [7, 11) is -5.84. The number of aliphatic imine (C=N–C) groups is 2. The summed E-state index contributed by atoms with van der Waals surface area (Å²) in [6, 6.07) is 0.402. The van der Waals surface area contributed by atoms with E-state index >= 15 is 0 Å². The van der Waals surface area contributed by atoms with E-state index in [2.05, 4.69) is 55.4 Å². The summed E-state index contributed by atoms with van der Waals surface area (Å²) in [6.45, 7) is 18.6. The van der Waals surface area contributed by atoms with Crippen molar-refractivity contribution in [1.29, 1.82) is 0 Å². The molecule has 30 heavy (non-hydrogen) atoms. The molecule has 1 radical (unpaired) electrons. The quantitative estimate of drug-likeness (QED) is 0.345. The summed E-state index contributed by atoms with van der Waals surface area (Å²) in [5.74, 6) is 1.52. The van der Waals surface area contributed by atoms with Gasteiger partial charge in [0.25, 0.3) is 0 Å². The zero-order valence-electron chi connectivity index (χ0n) is 18.4. The first kappa shape index (κ1) is 29.2. The molecule has 0 saturated heterocycles. The topological polar surface area (TPSA) is 97.6 Å². The second kappa shape index (κ2) is 9.34. The molecule has 181 valence electrons. The normalized spacial score (nSPS) is 22.7.